The van der Waals surface area contributed by atoms with Gasteiger partial charge in [0.05, 0.1) is 30.4 Å². The number of aromatic nitrogens is 3. The Balaban J connectivity index is 1.32. The number of hydrogen-bond donors (Lipinski definition) is 3. The van der Waals surface area contributed by atoms with Crippen molar-refractivity contribution in [1.82, 2.24) is 15.2 Å². The molecule has 1 aliphatic carbocycles. The Morgan fingerprint density at radius 2 is 2.35 bits per heavy atom. The molecule has 1 amide bonds. The largest absolute Gasteiger partial charge is 0.463 e. The third-order valence-electron chi connectivity index (χ3n) is 4.36. The number of hydrazone groups is 1. The number of ether oxygens (including phenoxy) is 1. The number of amides is 1. The summed E-state index contributed by atoms with van der Waals surface area (Å²) in [5, 5.41) is 14.5. The maximum absolute atomic E-state index is 12.5. The van der Waals surface area contributed by atoms with Gasteiger partial charge in [-0.15, -0.1) is 16.4 Å². The van der Waals surface area contributed by atoms with Gasteiger partial charge in [0.2, 0.25) is 17.0 Å². The van der Waals surface area contributed by atoms with Gasteiger partial charge in [-0.25, -0.2) is 15.3 Å². The van der Waals surface area contributed by atoms with E-state index in [1.807, 2.05) is 0 Å². The molecule has 3 aromatic rings. The molecule has 1 aliphatic rings. The molecule has 10 nitrogen and oxygen atoms in total. The first kappa shape index (κ1) is 21.1. The number of hydrogen-bond acceptors (Lipinski definition) is 10. The molecule has 0 fully saturated rings. The predicted octanol–water partition coefficient (Wildman–Crippen LogP) is 3.30. The monoisotopic (exact) mass is 460 g/mol. The number of nitrogens with one attached hydrogen (secondary N) is 3. The number of thiophene rings is 1. The van der Waals surface area contributed by atoms with Crippen molar-refractivity contribution in [3.8, 4) is 0 Å². The minimum atomic E-state index is -0.385. The smallest absolute Gasteiger partial charge is 0.341 e. The van der Waals surface area contributed by atoms with Crippen LogP contribution in [0.4, 0.5) is 10.9 Å². The Labute approximate surface area is 185 Å². The van der Waals surface area contributed by atoms with Gasteiger partial charge in [-0.2, -0.15) is 10.1 Å². The van der Waals surface area contributed by atoms with Gasteiger partial charge in [-0.1, -0.05) is 11.8 Å². The number of thioether (sulfide) groups is 1. The summed E-state index contributed by atoms with van der Waals surface area (Å²) in [5.41, 5.74) is 4.20. The zero-order valence-electron chi connectivity index (χ0n) is 16.6. The normalized spacial score (nSPS) is 12.8. The highest BCUT2D eigenvalue weighted by molar-refractivity contribution is 7.99. The van der Waals surface area contributed by atoms with E-state index < -0.39 is 0 Å². The van der Waals surface area contributed by atoms with Crippen LogP contribution in [0.5, 0.6) is 0 Å². The van der Waals surface area contributed by atoms with Crippen molar-refractivity contribution in [2.45, 2.75) is 31.3 Å². The number of nitrogens with zero attached hydrogens (tertiary/aromatic N) is 3. The second-order valence-electron chi connectivity index (χ2n) is 6.47. The molecule has 4 rings (SSSR count). The topological polar surface area (TPSA) is 134 Å². The lowest BCUT2D eigenvalue weighted by atomic mass is 10.1. The van der Waals surface area contributed by atoms with Crippen LogP contribution < -0.4 is 10.7 Å². The lowest BCUT2D eigenvalue weighted by Crippen LogP contribution is -2.16. The molecule has 0 unspecified atom stereocenters. The van der Waals surface area contributed by atoms with Crippen LogP contribution in [0, 0.1) is 0 Å². The summed E-state index contributed by atoms with van der Waals surface area (Å²) in [6, 6.07) is 3.52. The molecule has 162 valence electrons. The molecule has 0 atom stereocenters. The van der Waals surface area contributed by atoms with Crippen LogP contribution in [0.3, 0.4) is 0 Å². The summed E-state index contributed by atoms with van der Waals surface area (Å²) in [4.78, 5) is 30.2. The first-order valence-corrected chi connectivity index (χ1v) is 11.4. The van der Waals surface area contributed by atoms with E-state index in [1.54, 1.807) is 25.3 Å². The van der Waals surface area contributed by atoms with Crippen molar-refractivity contribution in [2.24, 2.45) is 5.10 Å². The number of esters is 1. The quantitative estimate of drug-likeness (QED) is 0.192. The summed E-state index contributed by atoms with van der Waals surface area (Å²) < 4.78 is 10.3. The van der Waals surface area contributed by atoms with Crippen LogP contribution in [0.25, 0.3) is 0 Å². The molecule has 3 heterocycles. The molecule has 0 saturated heterocycles. The molecule has 0 spiro atoms. The second-order valence-corrected chi connectivity index (χ2v) is 8.52. The number of furan rings is 1. The molecule has 0 saturated carbocycles. The highest BCUT2D eigenvalue weighted by Crippen LogP contribution is 2.39. The number of carbonyl (C=O) groups excluding carboxylic acids is 2. The summed E-state index contributed by atoms with van der Waals surface area (Å²) in [6.45, 7) is 2.06. The lowest BCUT2D eigenvalue weighted by molar-refractivity contribution is -0.113. The van der Waals surface area contributed by atoms with Gasteiger partial charge in [-0.05, 0) is 43.9 Å². The number of anilines is 2. The Morgan fingerprint density at radius 3 is 3.16 bits per heavy atom. The van der Waals surface area contributed by atoms with Gasteiger partial charge < -0.3 is 14.5 Å². The van der Waals surface area contributed by atoms with E-state index in [0.717, 1.165) is 29.7 Å². The van der Waals surface area contributed by atoms with Crippen molar-refractivity contribution in [1.29, 1.82) is 0 Å². The third kappa shape index (κ3) is 5.14. The van der Waals surface area contributed by atoms with E-state index in [4.69, 9.17) is 9.15 Å². The fraction of sp³-hybridized carbons (Fsp3) is 0.316. The Bertz CT molecular complexity index is 1090. The summed E-state index contributed by atoms with van der Waals surface area (Å²) in [5.74, 6) is 0.401. The lowest BCUT2D eigenvalue weighted by Gasteiger charge is -2.07. The number of rotatable bonds is 9. The van der Waals surface area contributed by atoms with Gasteiger partial charge in [0.1, 0.15) is 10.8 Å². The molecule has 3 N–H and O–H groups in total. The number of H-pyrrole nitrogens is 1. The molecule has 12 heteroatoms. The van der Waals surface area contributed by atoms with Gasteiger partial charge >= 0.3 is 5.97 Å². The molecule has 0 aliphatic heterocycles. The van der Waals surface area contributed by atoms with Crippen LogP contribution in [-0.4, -0.2) is 45.6 Å². The number of aromatic amines is 1. The summed E-state index contributed by atoms with van der Waals surface area (Å²) in [6.07, 6.45) is 5.83. The van der Waals surface area contributed by atoms with E-state index in [1.165, 1.54) is 29.3 Å². The third-order valence-corrected chi connectivity index (χ3v) is 6.41. The predicted molar refractivity (Wildman–Crippen MR) is 118 cm³/mol. The van der Waals surface area contributed by atoms with Crippen LogP contribution in [0.2, 0.25) is 0 Å². The van der Waals surface area contributed by atoms with Crippen LogP contribution in [0.1, 0.15) is 39.9 Å². The van der Waals surface area contributed by atoms with Crippen molar-refractivity contribution in [3.05, 3.63) is 40.2 Å². The molecule has 0 aromatic carbocycles. The van der Waals surface area contributed by atoms with E-state index in [0.29, 0.717) is 34.0 Å². The van der Waals surface area contributed by atoms with E-state index >= 15 is 0 Å². The van der Waals surface area contributed by atoms with Gasteiger partial charge in [0, 0.05) is 4.88 Å². The fourth-order valence-corrected chi connectivity index (χ4v) is 4.98. The van der Waals surface area contributed by atoms with E-state index in [9.17, 15) is 9.59 Å². The van der Waals surface area contributed by atoms with Gasteiger partial charge in [-0.3, -0.25) is 4.79 Å². The molecule has 0 radical (unpaired) electrons. The average Bonchev–Trinajstić information content (AvgIpc) is 3.52. The number of carbonyl (C=O) groups is 2. The molecular weight excluding hydrogens is 440 g/mol. The zero-order valence-corrected chi connectivity index (χ0v) is 18.3. The maximum Gasteiger partial charge on any atom is 0.341 e. The fourth-order valence-electron chi connectivity index (χ4n) is 3.09. The van der Waals surface area contributed by atoms with E-state index in [2.05, 4.69) is 31.0 Å². The maximum atomic E-state index is 12.5. The Morgan fingerprint density at radius 1 is 1.45 bits per heavy atom. The minimum absolute atomic E-state index is 0.0950. The zero-order chi connectivity index (χ0) is 21.6. The summed E-state index contributed by atoms with van der Waals surface area (Å²) >= 11 is 2.62. The first-order chi connectivity index (χ1) is 15.1. The highest BCUT2D eigenvalue weighted by Gasteiger charge is 2.28. The van der Waals surface area contributed by atoms with Gasteiger partial charge in [0.15, 0.2) is 0 Å². The SMILES string of the molecule is CCOC(=O)c1c(NC(=O)CSc2n[nH]c(N/N=C/c3ccco3)n2)sc2c1CCC2. The van der Waals surface area contributed by atoms with Crippen LogP contribution >= 0.6 is 23.1 Å². The first-order valence-electron chi connectivity index (χ1n) is 9.63. The Hall–Kier alpha value is -3.12. The van der Waals surface area contributed by atoms with Crippen molar-refractivity contribution < 1.29 is 18.7 Å². The molecular formula is C19H20N6O4S2. The van der Waals surface area contributed by atoms with Crippen LogP contribution in [0.15, 0.2) is 33.1 Å². The van der Waals surface area contributed by atoms with Crippen LogP contribution in [-0.2, 0) is 22.4 Å². The molecule has 3 aromatic heterocycles. The summed E-state index contributed by atoms with van der Waals surface area (Å²) in [7, 11) is 0. The van der Waals surface area contributed by atoms with Gasteiger partial charge in [0.25, 0.3) is 0 Å². The Kier molecular flexibility index (Phi) is 6.67. The van der Waals surface area contributed by atoms with Crippen molar-refractivity contribution in [3.63, 3.8) is 0 Å². The number of fused-ring (bicyclic) bond motifs is 1. The van der Waals surface area contributed by atoms with Crippen molar-refractivity contribution in [2.75, 3.05) is 23.1 Å². The minimum Gasteiger partial charge on any atom is -0.463 e. The highest BCUT2D eigenvalue weighted by atomic mass is 32.2. The standard InChI is InChI=1S/C19H20N6O4S2/c1-2-28-17(27)15-12-6-3-7-13(12)31-16(15)21-14(26)10-30-19-22-18(24-25-19)23-20-9-11-5-4-8-29-11/h4-5,8-9H,2-3,6-7,10H2,1H3,(H,21,26)(H2,22,23,24,25)/b20-9+. The average molecular weight is 461 g/mol. The second kappa shape index (κ2) is 9.79. The van der Waals surface area contributed by atoms with Crippen molar-refractivity contribution >= 4 is 52.1 Å². The van der Waals surface area contributed by atoms with E-state index in [-0.39, 0.29) is 17.6 Å². The molecule has 31 heavy (non-hydrogen) atoms. The molecule has 0 bridgehead atoms. The number of aryl methyl sites for hydroxylation is 1.